The van der Waals surface area contributed by atoms with E-state index in [2.05, 4.69) is 4.98 Å². The quantitative estimate of drug-likeness (QED) is 0.765. The summed E-state index contributed by atoms with van der Waals surface area (Å²) < 4.78 is 5.42. The van der Waals surface area contributed by atoms with Crippen LogP contribution in [0, 0.1) is 13.8 Å². The highest BCUT2D eigenvalue weighted by Crippen LogP contribution is 2.32. The number of hydrogen-bond acceptors (Lipinski definition) is 2. The molecule has 3 nitrogen and oxygen atoms in total. The molecule has 0 amide bonds. The molecule has 0 atom stereocenters. The van der Waals surface area contributed by atoms with E-state index in [1.807, 2.05) is 25.1 Å². The molecule has 0 N–H and O–H groups in total. The summed E-state index contributed by atoms with van der Waals surface area (Å²) in [5.41, 5.74) is 1.56. The molecule has 1 aromatic carbocycles. The lowest BCUT2D eigenvalue weighted by Gasteiger charge is -2.07. The lowest BCUT2D eigenvalue weighted by molar-refractivity contribution is 0.319. The van der Waals surface area contributed by atoms with E-state index in [4.69, 9.17) is 4.74 Å². The van der Waals surface area contributed by atoms with Crippen molar-refractivity contribution in [2.45, 2.75) is 13.8 Å². The van der Waals surface area contributed by atoms with E-state index in [0.29, 0.717) is 11.3 Å². The Hall–Kier alpha value is -2.03. The van der Waals surface area contributed by atoms with E-state index in [0.717, 1.165) is 5.56 Å². The number of benzene rings is 1. The molecule has 1 aromatic heterocycles. The molecule has 16 heavy (non-hydrogen) atoms. The van der Waals surface area contributed by atoms with Gasteiger partial charge in [-0.3, -0.25) is 5.11 Å². The third kappa shape index (κ3) is 1.98. The van der Waals surface area contributed by atoms with E-state index in [1.165, 1.54) is 0 Å². The van der Waals surface area contributed by atoms with Crippen LogP contribution in [0.25, 0.3) is 0 Å². The standard InChI is InChI=1S/C13H12NO2/c1-9-8-14-13(12(15)10(9)2)16-11-6-4-3-5-7-11/h3-8H,1-2H3. The number of rotatable bonds is 2. The molecule has 81 valence electrons. The molecule has 2 aromatic rings. The fraction of sp³-hybridized carbons (Fsp3) is 0.154. The van der Waals surface area contributed by atoms with Gasteiger partial charge in [0.15, 0.2) is 0 Å². The van der Waals surface area contributed by atoms with Gasteiger partial charge < -0.3 is 4.74 Å². The molecule has 0 aliphatic heterocycles. The third-order valence-corrected chi connectivity index (χ3v) is 2.46. The highest BCUT2D eigenvalue weighted by Gasteiger charge is 2.12. The lowest BCUT2D eigenvalue weighted by atomic mass is 10.2. The average Bonchev–Trinajstić information content (AvgIpc) is 2.31. The molecule has 0 saturated heterocycles. The lowest BCUT2D eigenvalue weighted by Crippen LogP contribution is -1.91. The number of aryl methyl sites for hydroxylation is 1. The maximum Gasteiger partial charge on any atom is 0.268 e. The monoisotopic (exact) mass is 214 g/mol. The number of para-hydroxylation sites is 1. The average molecular weight is 214 g/mol. The van der Waals surface area contributed by atoms with Crippen molar-refractivity contribution < 1.29 is 9.84 Å². The summed E-state index contributed by atoms with van der Waals surface area (Å²) in [6.45, 7) is 3.63. The molecule has 0 aliphatic rings. The van der Waals surface area contributed by atoms with Gasteiger partial charge in [0.25, 0.3) is 5.88 Å². The van der Waals surface area contributed by atoms with Crippen LogP contribution in [0.5, 0.6) is 17.4 Å². The summed E-state index contributed by atoms with van der Waals surface area (Å²) in [5.74, 6) is 0.605. The molecule has 1 heterocycles. The molecule has 3 heteroatoms. The Morgan fingerprint density at radius 1 is 1.12 bits per heavy atom. The summed E-state index contributed by atoms with van der Waals surface area (Å²) in [6.07, 6.45) is 1.65. The molecule has 0 bridgehead atoms. The van der Waals surface area contributed by atoms with Gasteiger partial charge in [0.2, 0.25) is 5.75 Å². The second-order valence-corrected chi connectivity index (χ2v) is 3.62. The van der Waals surface area contributed by atoms with Crippen molar-refractivity contribution in [3.63, 3.8) is 0 Å². The predicted octanol–water partition coefficient (Wildman–Crippen LogP) is 3.63. The van der Waals surface area contributed by atoms with Crippen LogP contribution in [0.1, 0.15) is 11.1 Å². The van der Waals surface area contributed by atoms with Gasteiger partial charge >= 0.3 is 0 Å². The van der Waals surface area contributed by atoms with Gasteiger partial charge in [0.05, 0.1) is 0 Å². The molecule has 0 unspecified atom stereocenters. The smallest absolute Gasteiger partial charge is 0.268 e. The van der Waals surface area contributed by atoms with Crippen molar-refractivity contribution >= 4 is 0 Å². The van der Waals surface area contributed by atoms with Crippen LogP contribution in [0.15, 0.2) is 36.5 Å². The molecule has 0 aliphatic carbocycles. The van der Waals surface area contributed by atoms with E-state index >= 15 is 0 Å². The van der Waals surface area contributed by atoms with Crippen LogP contribution >= 0.6 is 0 Å². The topological polar surface area (TPSA) is 42.0 Å². The number of pyridine rings is 1. The number of aromatic nitrogens is 1. The third-order valence-electron chi connectivity index (χ3n) is 2.46. The summed E-state index contributed by atoms with van der Waals surface area (Å²) in [6, 6.07) is 9.16. The Morgan fingerprint density at radius 3 is 2.50 bits per heavy atom. The Kier molecular flexibility index (Phi) is 2.77. The van der Waals surface area contributed by atoms with Gasteiger partial charge in [-0.05, 0) is 31.5 Å². The fourth-order valence-electron chi connectivity index (χ4n) is 1.32. The van der Waals surface area contributed by atoms with Crippen molar-refractivity contribution in [1.82, 2.24) is 4.98 Å². The van der Waals surface area contributed by atoms with Crippen molar-refractivity contribution in [1.29, 1.82) is 0 Å². The highest BCUT2D eigenvalue weighted by molar-refractivity contribution is 5.44. The van der Waals surface area contributed by atoms with Crippen LogP contribution in [0.2, 0.25) is 0 Å². The Balaban J connectivity index is 2.33. The maximum atomic E-state index is 11.8. The van der Waals surface area contributed by atoms with Gasteiger partial charge in [-0.15, -0.1) is 0 Å². The molecule has 2 rings (SSSR count). The van der Waals surface area contributed by atoms with Crippen molar-refractivity contribution in [3.8, 4) is 17.4 Å². The first-order chi connectivity index (χ1) is 7.68. The first-order valence-corrected chi connectivity index (χ1v) is 5.04. The van der Waals surface area contributed by atoms with Gasteiger partial charge in [-0.2, -0.15) is 0 Å². The second kappa shape index (κ2) is 4.23. The maximum absolute atomic E-state index is 11.8. The van der Waals surface area contributed by atoms with E-state index < -0.39 is 0 Å². The van der Waals surface area contributed by atoms with Crippen LogP contribution in [-0.2, 0) is 5.11 Å². The van der Waals surface area contributed by atoms with E-state index in [-0.39, 0.29) is 11.6 Å². The minimum absolute atomic E-state index is 0.134. The van der Waals surface area contributed by atoms with Crippen molar-refractivity contribution in [2.75, 3.05) is 0 Å². The van der Waals surface area contributed by atoms with Gasteiger partial charge in [0.1, 0.15) is 5.75 Å². The first-order valence-electron chi connectivity index (χ1n) is 5.04. The molecule has 0 fully saturated rings. The molecular weight excluding hydrogens is 202 g/mol. The van der Waals surface area contributed by atoms with Gasteiger partial charge in [-0.25, -0.2) is 4.98 Å². The fourth-order valence-corrected chi connectivity index (χ4v) is 1.32. The zero-order valence-corrected chi connectivity index (χ0v) is 9.23. The Morgan fingerprint density at radius 2 is 1.81 bits per heavy atom. The number of nitrogens with zero attached hydrogens (tertiary/aromatic N) is 1. The minimum Gasteiger partial charge on any atom is -0.436 e. The molecule has 0 spiro atoms. The zero-order chi connectivity index (χ0) is 11.5. The number of ether oxygens (including phenoxy) is 1. The van der Waals surface area contributed by atoms with Gasteiger partial charge in [-0.1, -0.05) is 18.2 Å². The van der Waals surface area contributed by atoms with Crippen LogP contribution in [0.4, 0.5) is 0 Å². The summed E-state index contributed by atoms with van der Waals surface area (Å²) in [7, 11) is 0. The molecular formula is C13H12NO2. The summed E-state index contributed by atoms with van der Waals surface area (Å²) in [5, 5.41) is 11.8. The second-order valence-electron chi connectivity index (χ2n) is 3.62. The van der Waals surface area contributed by atoms with Crippen LogP contribution < -0.4 is 4.74 Å². The SMILES string of the molecule is Cc1cnc(Oc2ccccc2)c([O])c1C. The highest BCUT2D eigenvalue weighted by atomic mass is 16.5. The first kappa shape index (κ1) is 10.5. The van der Waals surface area contributed by atoms with Crippen molar-refractivity contribution in [3.05, 3.63) is 47.7 Å². The summed E-state index contributed by atoms with van der Waals surface area (Å²) in [4.78, 5) is 4.00. The predicted molar refractivity (Wildman–Crippen MR) is 60.4 cm³/mol. The normalized spacial score (nSPS) is 10.1. The number of hydrogen-bond donors (Lipinski definition) is 0. The van der Waals surface area contributed by atoms with E-state index in [9.17, 15) is 5.11 Å². The Labute approximate surface area is 94.3 Å². The van der Waals surface area contributed by atoms with E-state index in [1.54, 1.807) is 25.3 Å². The largest absolute Gasteiger partial charge is 0.436 e. The van der Waals surface area contributed by atoms with Crippen LogP contribution in [0.3, 0.4) is 0 Å². The molecule has 0 saturated carbocycles. The van der Waals surface area contributed by atoms with Crippen molar-refractivity contribution in [2.24, 2.45) is 0 Å². The Bertz CT molecular complexity index is 495. The van der Waals surface area contributed by atoms with Crippen LogP contribution in [-0.4, -0.2) is 4.98 Å². The molecule has 1 radical (unpaired) electrons. The summed E-state index contributed by atoms with van der Waals surface area (Å²) >= 11 is 0. The minimum atomic E-state index is -0.149. The zero-order valence-electron chi connectivity index (χ0n) is 9.23. The van der Waals surface area contributed by atoms with Gasteiger partial charge in [0, 0.05) is 11.8 Å².